The van der Waals surface area contributed by atoms with Crippen LogP contribution in [0.15, 0.2) is 42.5 Å². The molecule has 0 heterocycles. The summed E-state index contributed by atoms with van der Waals surface area (Å²) in [6.07, 6.45) is 0. The molecule has 0 unspecified atom stereocenters. The van der Waals surface area contributed by atoms with Crippen molar-refractivity contribution in [2.24, 2.45) is 0 Å². The molecule has 0 saturated heterocycles. The van der Waals surface area contributed by atoms with E-state index in [0.29, 0.717) is 22.2 Å². The Kier molecular flexibility index (Phi) is 6.65. The predicted octanol–water partition coefficient (Wildman–Crippen LogP) is 3.22. The van der Waals surface area contributed by atoms with Crippen LogP contribution in [0.3, 0.4) is 0 Å². The second kappa shape index (κ2) is 8.94. The number of nitrogens with one attached hydrogen (secondary N) is 1. The molecule has 1 amide bonds. The van der Waals surface area contributed by atoms with Gasteiger partial charge in [-0.25, -0.2) is 4.79 Å². The molecule has 0 saturated carbocycles. The van der Waals surface area contributed by atoms with Crippen LogP contribution < -0.4 is 14.8 Å². The van der Waals surface area contributed by atoms with Gasteiger partial charge in [0.15, 0.2) is 24.7 Å². The lowest BCUT2D eigenvalue weighted by Crippen LogP contribution is -2.23. The van der Waals surface area contributed by atoms with Gasteiger partial charge in [-0.2, -0.15) is 0 Å². The third kappa shape index (κ3) is 5.69. The number of rotatable bonds is 7. The van der Waals surface area contributed by atoms with Gasteiger partial charge in [-0.15, -0.1) is 0 Å². The first kappa shape index (κ1) is 18.6. The number of amides is 1. The van der Waals surface area contributed by atoms with Crippen molar-refractivity contribution in [1.82, 2.24) is 0 Å². The van der Waals surface area contributed by atoms with E-state index in [1.54, 1.807) is 42.5 Å². The Morgan fingerprint density at radius 3 is 2.48 bits per heavy atom. The van der Waals surface area contributed by atoms with E-state index in [4.69, 9.17) is 25.8 Å². The summed E-state index contributed by atoms with van der Waals surface area (Å²) in [5.41, 5.74) is 1.43. The van der Waals surface area contributed by atoms with Crippen LogP contribution in [-0.2, 0) is 14.3 Å². The molecule has 0 spiro atoms. The average Bonchev–Trinajstić information content (AvgIpc) is 2.61. The molecule has 0 aliphatic carbocycles. The van der Waals surface area contributed by atoms with Gasteiger partial charge in [0.25, 0.3) is 5.91 Å². The average molecular weight is 364 g/mol. The molecule has 0 aliphatic rings. The van der Waals surface area contributed by atoms with Gasteiger partial charge in [-0.1, -0.05) is 29.8 Å². The van der Waals surface area contributed by atoms with Gasteiger partial charge >= 0.3 is 5.97 Å². The number of carbonyl (C=O) groups is 2. The first-order valence-electron chi connectivity index (χ1n) is 7.47. The zero-order chi connectivity index (χ0) is 18.2. The van der Waals surface area contributed by atoms with Crippen LogP contribution in [0.1, 0.15) is 5.56 Å². The smallest absolute Gasteiger partial charge is 0.344 e. The molecule has 0 aromatic heterocycles. The number of halogens is 1. The molecule has 2 aromatic rings. The molecule has 2 rings (SSSR count). The largest absolute Gasteiger partial charge is 0.493 e. The second-order valence-corrected chi connectivity index (χ2v) is 5.52. The quantitative estimate of drug-likeness (QED) is 0.764. The molecule has 0 aliphatic heterocycles. The van der Waals surface area contributed by atoms with Gasteiger partial charge in [-0.3, -0.25) is 4.79 Å². The van der Waals surface area contributed by atoms with Crippen molar-refractivity contribution in [3.8, 4) is 11.5 Å². The lowest BCUT2D eigenvalue weighted by atomic mass is 10.2. The molecule has 0 atom stereocenters. The molecule has 25 heavy (non-hydrogen) atoms. The topological polar surface area (TPSA) is 73.9 Å². The monoisotopic (exact) mass is 363 g/mol. The molecule has 2 aromatic carbocycles. The number of esters is 1. The number of methoxy groups -OCH3 is 1. The van der Waals surface area contributed by atoms with Crippen molar-refractivity contribution in [3.63, 3.8) is 0 Å². The molecule has 0 bridgehead atoms. The van der Waals surface area contributed by atoms with Gasteiger partial charge in [0.05, 0.1) is 7.11 Å². The fourth-order valence-corrected chi connectivity index (χ4v) is 2.11. The van der Waals surface area contributed by atoms with Crippen molar-refractivity contribution >= 4 is 29.2 Å². The minimum Gasteiger partial charge on any atom is -0.493 e. The van der Waals surface area contributed by atoms with Crippen molar-refractivity contribution in [1.29, 1.82) is 0 Å². The number of hydrogen-bond donors (Lipinski definition) is 1. The second-order valence-electron chi connectivity index (χ2n) is 5.11. The van der Waals surface area contributed by atoms with Crippen LogP contribution in [0.2, 0.25) is 5.02 Å². The van der Waals surface area contributed by atoms with Gasteiger partial charge in [0.2, 0.25) is 0 Å². The molecule has 132 valence electrons. The van der Waals surface area contributed by atoms with Crippen LogP contribution in [0.25, 0.3) is 0 Å². The molecule has 7 heteroatoms. The Morgan fingerprint density at radius 1 is 1.08 bits per heavy atom. The van der Waals surface area contributed by atoms with E-state index < -0.39 is 18.5 Å². The Hall–Kier alpha value is -2.73. The summed E-state index contributed by atoms with van der Waals surface area (Å²) in [6, 6.07) is 12.0. The van der Waals surface area contributed by atoms with Crippen molar-refractivity contribution in [2.75, 3.05) is 25.6 Å². The number of hydrogen-bond acceptors (Lipinski definition) is 5. The molecule has 6 nitrogen and oxygen atoms in total. The summed E-state index contributed by atoms with van der Waals surface area (Å²) in [7, 11) is 1.50. The van der Waals surface area contributed by atoms with E-state index in [0.717, 1.165) is 5.56 Å². The van der Waals surface area contributed by atoms with Gasteiger partial charge in [-0.05, 0) is 36.8 Å². The zero-order valence-corrected chi connectivity index (χ0v) is 14.6. The highest BCUT2D eigenvalue weighted by Gasteiger charge is 2.11. The number of benzene rings is 2. The third-order valence-electron chi connectivity index (χ3n) is 3.23. The summed E-state index contributed by atoms with van der Waals surface area (Å²) in [4.78, 5) is 23.5. The molecular formula is C18H18ClNO5. The minimum absolute atomic E-state index is 0.329. The number of para-hydroxylation sites is 2. The van der Waals surface area contributed by atoms with Gasteiger partial charge in [0, 0.05) is 10.7 Å². The summed E-state index contributed by atoms with van der Waals surface area (Å²) in [6.45, 7) is 1.11. The lowest BCUT2D eigenvalue weighted by Gasteiger charge is -2.10. The van der Waals surface area contributed by atoms with Crippen LogP contribution in [0, 0.1) is 6.92 Å². The standard InChI is InChI=1S/C18H18ClNO5/c1-12-7-8-13(9-14(12)19)20-17(21)10-25-18(22)11-24-16-6-4-3-5-15(16)23-2/h3-9H,10-11H2,1-2H3,(H,20,21). The Morgan fingerprint density at radius 2 is 1.80 bits per heavy atom. The Labute approximate surface area is 150 Å². The highest BCUT2D eigenvalue weighted by atomic mass is 35.5. The van der Waals surface area contributed by atoms with E-state index in [1.807, 2.05) is 6.92 Å². The number of carbonyl (C=O) groups excluding carboxylic acids is 2. The molecule has 1 N–H and O–H groups in total. The molecular weight excluding hydrogens is 346 g/mol. The van der Waals surface area contributed by atoms with Crippen LogP contribution in [0.4, 0.5) is 5.69 Å². The summed E-state index contributed by atoms with van der Waals surface area (Å²) >= 11 is 5.99. The van der Waals surface area contributed by atoms with E-state index >= 15 is 0 Å². The highest BCUT2D eigenvalue weighted by molar-refractivity contribution is 6.31. The maximum absolute atomic E-state index is 11.8. The number of anilines is 1. The van der Waals surface area contributed by atoms with Crippen molar-refractivity contribution < 1.29 is 23.8 Å². The normalized spacial score (nSPS) is 10.0. The van der Waals surface area contributed by atoms with Crippen molar-refractivity contribution in [3.05, 3.63) is 53.1 Å². The fourth-order valence-electron chi connectivity index (χ4n) is 1.93. The van der Waals surface area contributed by atoms with Gasteiger partial charge < -0.3 is 19.5 Å². The molecule has 0 fully saturated rings. The minimum atomic E-state index is -0.664. The third-order valence-corrected chi connectivity index (χ3v) is 3.64. The van der Waals surface area contributed by atoms with Crippen molar-refractivity contribution in [2.45, 2.75) is 6.92 Å². The predicted molar refractivity (Wildman–Crippen MR) is 94.3 cm³/mol. The van der Waals surface area contributed by atoms with E-state index in [-0.39, 0.29) is 6.61 Å². The first-order valence-corrected chi connectivity index (χ1v) is 7.85. The molecule has 0 radical (unpaired) electrons. The lowest BCUT2D eigenvalue weighted by molar-refractivity contribution is -0.149. The Bertz CT molecular complexity index is 763. The summed E-state index contributed by atoms with van der Waals surface area (Å²) < 4.78 is 15.3. The van der Waals surface area contributed by atoms with Crippen LogP contribution in [-0.4, -0.2) is 32.2 Å². The number of aryl methyl sites for hydroxylation is 1. The maximum atomic E-state index is 11.8. The summed E-state index contributed by atoms with van der Waals surface area (Å²) in [5, 5.41) is 3.14. The van der Waals surface area contributed by atoms with Gasteiger partial charge in [0.1, 0.15) is 0 Å². The van der Waals surface area contributed by atoms with E-state index in [1.165, 1.54) is 7.11 Å². The SMILES string of the molecule is COc1ccccc1OCC(=O)OCC(=O)Nc1ccc(C)c(Cl)c1. The fraction of sp³-hybridized carbons (Fsp3) is 0.222. The number of ether oxygens (including phenoxy) is 3. The zero-order valence-electron chi connectivity index (χ0n) is 13.9. The maximum Gasteiger partial charge on any atom is 0.344 e. The van der Waals surface area contributed by atoms with E-state index in [2.05, 4.69) is 5.32 Å². The highest BCUT2D eigenvalue weighted by Crippen LogP contribution is 2.25. The van der Waals surface area contributed by atoms with E-state index in [9.17, 15) is 9.59 Å². The Balaban J connectivity index is 1.77. The first-order chi connectivity index (χ1) is 12.0. The summed E-state index contributed by atoms with van der Waals surface area (Å²) in [5.74, 6) is -0.210. The van der Waals surface area contributed by atoms with Crippen LogP contribution in [0.5, 0.6) is 11.5 Å². The van der Waals surface area contributed by atoms with Crippen LogP contribution >= 0.6 is 11.6 Å².